The lowest BCUT2D eigenvalue weighted by Gasteiger charge is -2.37. The molecule has 0 unspecified atom stereocenters. The fraction of sp³-hybridized carbons (Fsp3) is 0.667. The van der Waals surface area contributed by atoms with Crippen LogP contribution in [0.5, 0.6) is 0 Å². The largest absolute Gasteiger partial charge is 0.330 e. The van der Waals surface area contributed by atoms with Crippen molar-refractivity contribution in [1.82, 2.24) is 9.97 Å². The number of aromatic nitrogens is 2. The Bertz CT molecular complexity index is 285. The van der Waals surface area contributed by atoms with Gasteiger partial charge in [-0.2, -0.15) is 0 Å². The van der Waals surface area contributed by atoms with Gasteiger partial charge in [-0.15, -0.1) is 0 Å². The summed E-state index contributed by atoms with van der Waals surface area (Å²) in [5.41, 5.74) is 7.30. The average Bonchev–Trinajstić information content (AvgIpc) is 2.32. The van der Waals surface area contributed by atoms with E-state index in [-0.39, 0.29) is 5.41 Å². The molecule has 1 heterocycles. The quantitative estimate of drug-likeness (QED) is 0.821. The highest BCUT2D eigenvalue weighted by molar-refractivity contribution is 5.19. The van der Waals surface area contributed by atoms with Crippen LogP contribution in [0.2, 0.25) is 0 Å². The van der Waals surface area contributed by atoms with Gasteiger partial charge in [0.15, 0.2) is 0 Å². The Balaban J connectivity index is 2.25. The van der Waals surface area contributed by atoms with Crippen LogP contribution in [0.15, 0.2) is 18.7 Å². The lowest BCUT2D eigenvalue weighted by molar-refractivity contribution is 0.276. The van der Waals surface area contributed by atoms with Crippen molar-refractivity contribution in [3.05, 3.63) is 24.3 Å². The van der Waals surface area contributed by atoms with Crippen molar-refractivity contribution in [3.63, 3.8) is 0 Å². The van der Waals surface area contributed by atoms with Gasteiger partial charge in [-0.1, -0.05) is 19.3 Å². The average molecular weight is 205 g/mol. The van der Waals surface area contributed by atoms with Crippen molar-refractivity contribution >= 4 is 0 Å². The maximum atomic E-state index is 5.74. The zero-order valence-electron chi connectivity index (χ0n) is 9.15. The van der Waals surface area contributed by atoms with E-state index < -0.39 is 0 Å². The predicted octanol–water partition coefficient (Wildman–Crippen LogP) is 2.03. The highest BCUT2D eigenvalue weighted by atomic mass is 14.8. The molecule has 1 aromatic rings. The number of rotatable bonds is 3. The van der Waals surface area contributed by atoms with Crippen LogP contribution >= 0.6 is 0 Å². The summed E-state index contributed by atoms with van der Waals surface area (Å²) >= 11 is 0. The first-order valence-electron chi connectivity index (χ1n) is 5.83. The molecule has 1 aromatic heterocycles. The molecule has 2 N–H and O–H groups in total. The maximum absolute atomic E-state index is 5.74. The molecular weight excluding hydrogens is 186 g/mol. The highest BCUT2D eigenvalue weighted by Gasteiger charge is 2.33. The van der Waals surface area contributed by atoms with E-state index in [9.17, 15) is 0 Å². The monoisotopic (exact) mass is 205 g/mol. The first kappa shape index (κ1) is 10.6. The van der Waals surface area contributed by atoms with Crippen molar-refractivity contribution in [1.29, 1.82) is 0 Å². The van der Waals surface area contributed by atoms with E-state index in [0.29, 0.717) is 0 Å². The summed E-state index contributed by atoms with van der Waals surface area (Å²) in [5.74, 6) is 0. The van der Waals surface area contributed by atoms with Crippen LogP contribution in [0.4, 0.5) is 0 Å². The summed E-state index contributed by atoms with van der Waals surface area (Å²) in [6.07, 6.45) is 13.1. The molecule has 0 aliphatic heterocycles. The third kappa shape index (κ3) is 2.17. The Morgan fingerprint density at radius 3 is 2.40 bits per heavy atom. The van der Waals surface area contributed by atoms with Crippen molar-refractivity contribution in [3.8, 4) is 0 Å². The molecule has 3 nitrogen and oxygen atoms in total. The highest BCUT2D eigenvalue weighted by Crippen LogP contribution is 2.41. The second-order valence-electron chi connectivity index (χ2n) is 4.51. The van der Waals surface area contributed by atoms with E-state index in [0.717, 1.165) is 13.0 Å². The fourth-order valence-electron chi connectivity index (χ4n) is 2.76. The van der Waals surface area contributed by atoms with Gasteiger partial charge < -0.3 is 5.73 Å². The van der Waals surface area contributed by atoms with Crippen LogP contribution in [-0.4, -0.2) is 16.5 Å². The molecular formula is C12H19N3. The third-order valence-corrected chi connectivity index (χ3v) is 3.61. The first-order valence-corrected chi connectivity index (χ1v) is 5.83. The molecule has 0 aromatic carbocycles. The van der Waals surface area contributed by atoms with Crippen molar-refractivity contribution < 1.29 is 0 Å². The Morgan fingerprint density at radius 1 is 1.13 bits per heavy atom. The normalized spacial score (nSPS) is 20.1. The minimum Gasteiger partial charge on any atom is -0.330 e. The summed E-state index contributed by atoms with van der Waals surface area (Å²) in [4.78, 5) is 8.27. The molecule has 1 aliphatic rings. The fourth-order valence-corrected chi connectivity index (χ4v) is 2.76. The number of nitrogens with zero attached hydrogens (tertiary/aromatic N) is 2. The lowest BCUT2D eigenvalue weighted by Crippen LogP contribution is -2.32. The summed E-state index contributed by atoms with van der Waals surface area (Å²) in [6, 6.07) is 0. The Morgan fingerprint density at radius 2 is 1.80 bits per heavy atom. The maximum Gasteiger partial charge on any atom is 0.115 e. The molecule has 3 heteroatoms. The summed E-state index contributed by atoms with van der Waals surface area (Å²) in [5, 5.41) is 0. The van der Waals surface area contributed by atoms with Crippen molar-refractivity contribution in [2.24, 2.45) is 5.73 Å². The summed E-state index contributed by atoms with van der Waals surface area (Å²) in [6.45, 7) is 0.759. The molecule has 1 aliphatic carbocycles. The number of hydrogen-bond acceptors (Lipinski definition) is 3. The van der Waals surface area contributed by atoms with Gasteiger partial charge in [0.1, 0.15) is 6.33 Å². The van der Waals surface area contributed by atoms with Crippen molar-refractivity contribution in [2.75, 3.05) is 6.54 Å². The molecule has 0 amide bonds. The zero-order chi connectivity index (χ0) is 10.6. The van der Waals surface area contributed by atoms with Gasteiger partial charge in [-0.25, -0.2) is 9.97 Å². The molecule has 1 saturated carbocycles. The van der Waals surface area contributed by atoms with E-state index in [1.807, 2.05) is 12.4 Å². The number of hydrogen-bond donors (Lipinski definition) is 1. The summed E-state index contributed by atoms with van der Waals surface area (Å²) < 4.78 is 0. The predicted molar refractivity (Wildman–Crippen MR) is 60.5 cm³/mol. The van der Waals surface area contributed by atoms with Crippen LogP contribution in [0.3, 0.4) is 0 Å². The molecule has 0 atom stereocenters. The molecule has 0 radical (unpaired) electrons. The van der Waals surface area contributed by atoms with Gasteiger partial charge in [0.05, 0.1) is 0 Å². The van der Waals surface area contributed by atoms with Gasteiger partial charge in [0.25, 0.3) is 0 Å². The van der Waals surface area contributed by atoms with Gasteiger partial charge in [0, 0.05) is 12.4 Å². The van der Waals surface area contributed by atoms with Crippen LogP contribution in [0, 0.1) is 0 Å². The topological polar surface area (TPSA) is 51.8 Å². The second-order valence-corrected chi connectivity index (χ2v) is 4.51. The first-order chi connectivity index (χ1) is 7.37. The van der Waals surface area contributed by atoms with E-state index in [1.54, 1.807) is 6.33 Å². The second kappa shape index (κ2) is 4.71. The van der Waals surface area contributed by atoms with Gasteiger partial charge in [-0.3, -0.25) is 0 Å². The smallest absolute Gasteiger partial charge is 0.115 e. The van der Waals surface area contributed by atoms with Gasteiger partial charge in [-0.05, 0) is 36.8 Å². The Kier molecular flexibility index (Phi) is 3.31. The van der Waals surface area contributed by atoms with Crippen molar-refractivity contribution in [2.45, 2.75) is 43.9 Å². The molecule has 1 fully saturated rings. The van der Waals surface area contributed by atoms with Crippen LogP contribution in [0.25, 0.3) is 0 Å². The van der Waals surface area contributed by atoms with E-state index in [1.165, 1.54) is 37.7 Å². The van der Waals surface area contributed by atoms with Crippen LogP contribution in [-0.2, 0) is 5.41 Å². The van der Waals surface area contributed by atoms with Crippen LogP contribution in [0.1, 0.15) is 44.1 Å². The van der Waals surface area contributed by atoms with Gasteiger partial charge in [0.2, 0.25) is 0 Å². The third-order valence-electron chi connectivity index (χ3n) is 3.61. The van der Waals surface area contributed by atoms with E-state index >= 15 is 0 Å². The molecule has 2 rings (SSSR count). The molecule has 0 bridgehead atoms. The zero-order valence-corrected chi connectivity index (χ0v) is 9.15. The molecule has 15 heavy (non-hydrogen) atoms. The van der Waals surface area contributed by atoms with Crippen LogP contribution < -0.4 is 5.73 Å². The number of nitrogens with two attached hydrogens (primary N) is 1. The standard InChI is InChI=1S/C12H19N3/c13-7-6-12(4-2-1-3-5-12)11-8-14-10-15-9-11/h8-10H,1-7,13H2. The Labute approximate surface area is 91.1 Å². The van der Waals surface area contributed by atoms with E-state index in [2.05, 4.69) is 9.97 Å². The minimum atomic E-state index is 0.272. The molecule has 82 valence electrons. The SMILES string of the molecule is NCCC1(c2cncnc2)CCCCC1. The summed E-state index contributed by atoms with van der Waals surface area (Å²) in [7, 11) is 0. The van der Waals surface area contributed by atoms with E-state index in [4.69, 9.17) is 5.73 Å². The minimum absolute atomic E-state index is 0.272. The molecule has 0 saturated heterocycles. The Hall–Kier alpha value is -0.960. The molecule has 0 spiro atoms. The van der Waals surface area contributed by atoms with Gasteiger partial charge >= 0.3 is 0 Å². The lowest BCUT2D eigenvalue weighted by atomic mass is 9.68.